The number of aromatic amines is 1. The van der Waals surface area contributed by atoms with Crippen molar-refractivity contribution in [2.24, 2.45) is 0 Å². The topological polar surface area (TPSA) is 106 Å². The van der Waals surface area contributed by atoms with Crippen molar-refractivity contribution in [1.29, 1.82) is 0 Å². The summed E-state index contributed by atoms with van der Waals surface area (Å²) in [5.74, 6) is 1.66. The summed E-state index contributed by atoms with van der Waals surface area (Å²) in [5, 5.41) is 2.90. The van der Waals surface area contributed by atoms with Crippen LogP contribution in [-0.2, 0) is 18.0 Å². The van der Waals surface area contributed by atoms with Crippen LogP contribution in [0.25, 0.3) is 22.4 Å². The van der Waals surface area contributed by atoms with Gasteiger partial charge in [0.15, 0.2) is 17.3 Å². The second-order valence-corrected chi connectivity index (χ2v) is 8.97. The molecule has 184 valence electrons. The molecule has 0 unspecified atom stereocenters. The van der Waals surface area contributed by atoms with E-state index in [0.29, 0.717) is 52.7 Å². The monoisotopic (exact) mass is 493 g/mol. The van der Waals surface area contributed by atoms with Gasteiger partial charge in [0, 0.05) is 28.8 Å². The largest absolute Gasteiger partial charge is 0.455 e. The molecule has 1 aliphatic heterocycles. The number of furan rings is 1. The average molecular weight is 494 g/mol. The Kier molecular flexibility index (Phi) is 5.58. The SMILES string of the molecule is Cc1oc(C(=O)NCc2ccc3c(c2)OOC3)c(C)c1-c1nc2cc(C(=O)c3ccccc3)ccc2[nH]1. The van der Waals surface area contributed by atoms with Crippen molar-refractivity contribution < 1.29 is 23.8 Å². The summed E-state index contributed by atoms with van der Waals surface area (Å²) in [5.41, 5.74) is 5.88. The van der Waals surface area contributed by atoms with E-state index in [1.54, 1.807) is 31.2 Å². The molecule has 0 saturated heterocycles. The van der Waals surface area contributed by atoms with Crippen molar-refractivity contribution in [1.82, 2.24) is 15.3 Å². The fourth-order valence-corrected chi connectivity index (χ4v) is 4.57. The van der Waals surface area contributed by atoms with Crippen LogP contribution >= 0.6 is 0 Å². The van der Waals surface area contributed by atoms with Gasteiger partial charge in [0.2, 0.25) is 0 Å². The predicted octanol–water partition coefficient (Wildman–Crippen LogP) is 5.42. The second-order valence-electron chi connectivity index (χ2n) is 8.97. The van der Waals surface area contributed by atoms with Gasteiger partial charge < -0.3 is 19.6 Å². The van der Waals surface area contributed by atoms with Gasteiger partial charge in [0.1, 0.15) is 18.2 Å². The molecule has 1 amide bonds. The molecule has 5 aromatic rings. The number of carbonyl (C=O) groups excluding carboxylic acids is 2. The number of H-pyrrole nitrogens is 1. The number of carbonyl (C=O) groups is 2. The minimum Gasteiger partial charge on any atom is -0.455 e. The van der Waals surface area contributed by atoms with Gasteiger partial charge in [-0.2, -0.15) is 4.89 Å². The first kappa shape index (κ1) is 22.8. The summed E-state index contributed by atoms with van der Waals surface area (Å²) in [6.07, 6.45) is 0. The molecule has 1 aliphatic rings. The molecule has 0 saturated carbocycles. The predicted molar refractivity (Wildman–Crippen MR) is 136 cm³/mol. The van der Waals surface area contributed by atoms with Crippen LogP contribution in [0.2, 0.25) is 0 Å². The molecule has 0 radical (unpaired) electrons. The minimum absolute atomic E-state index is 0.0656. The van der Waals surface area contributed by atoms with Gasteiger partial charge in [-0.15, -0.1) is 0 Å². The zero-order valence-electron chi connectivity index (χ0n) is 20.3. The van der Waals surface area contributed by atoms with Crippen LogP contribution in [0.15, 0.2) is 71.1 Å². The summed E-state index contributed by atoms with van der Waals surface area (Å²) in [4.78, 5) is 43.9. The number of imidazole rings is 1. The molecule has 8 heteroatoms. The third-order valence-corrected chi connectivity index (χ3v) is 6.49. The number of amides is 1. The fourth-order valence-electron chi connectivity index (χ4n) is 4.57. The molecule has 2 N–H and O–H groups in total. The van der Waals surface area contributed by atoms with E-state index in [9.17, 15) is 9.59 Å². The number of rotatable bonds is 6. The summed E-state index contributed by atoms with van der Waals surface area (Å²) >= 11 is 0. The number of ketones is 1. The molecule has 3 aromatic carbocycles. The quantitative estimate of drug-likeness (QED) is 0.242. The van der Waals surface area contributed by atoms with Crippen LogP contribution in [-0.4, -0.2) is 21.7 Å². The Morgan fingerprint density at radius 2 is 1.84 bits per heavy atom. The van der Waals surface area contributed by atoms with Gasteiger partial charge in [-0.1, -0.05) is 42.5 Å². The van der Waals surface area contributed by atoms with Gasteiger partial charge in [0.05, 0.1) is 16.6 Å². The lowest BCUT2D eigenvalue weighted by molar-refractivity contribution is -0.194. The summed E-state index contributed by atoms with van der Waals surface area (Å²) in [6.45, 7) is 4.36. The van der Waals surface area contributed by atoms with Crippen molar-refractivity contribution in [3.05, 3.63) is 106 Å². The smallest absolute Gasteiger partial charge is 0.287 e. The normalized spacial score (nSPS) is 12.4. The Balaban J connectivity index is 1.24. The van der Waals surface area contributed by atoms with E-state index in [2.05, 4.69) is 10.3 Å². The molecule has 2 aromatic heterocycles. The van der Waals surface area contributed by atoms with Crippen LogP contribution in [0.1, 0.15) is 48.9 Å². The first-order chi connectivity index (χ1) is 18.0. The van der Waals surface area contributed by atoms with Gasteiger partial charge in [0.25, 0.3) is 5.91 Å². The van der Waals surface area contributed by atoms with E-state index < -0.39 is 0 Å². The van der Waals surface area contributed by atoms with Crippen molar-refractivity contribution in [2.75, 3.05) is 0 Å². The molecular formula is C29H23N3O5. The Hall–Kier alpha value is -4.69. The lowest BCUT2D eigenvalue weighted by Crippen LogP contribution is -2.23. The number of hydrogen-bond donors (Lipinski definition) is 2. The maximum Gasteiger partial charge on any atom is 0.287 e. The molecule has 37 heavy (non-hydrogen) atoms. The van der Waals surface area contributed by atoms with Crippen molar-refractivity contribution in [3.63, 3.8) is 0 Å². The highest BCUT2D eigenvalue weighted by Gasteiger charge is 2.24. The van der Waals surface area contributed by atoms with Crippen LogP contribution in [0.4, 0.5) is 0 Å². The van der Waals surface area contributed by atoms with Gasteiger partial charge in [-0.25, -0.2) is 4.98 Å². The summed E-state index contributed by atoms with van der Waals surface area (Å²) < 4.78 is 5.87. The maximum atomic E-state index is 13.0. The Bertz CT molecular complexity index is 1670. The molecule has 0 fully saturated rings. The number of benzene rings is 3. The molecule has 0 spiro atoms. The summed E-state index contributed by atoms with van der Waals surface area (Å²) in [7, 11) is 0. The average Bonchev–Trinajstić information content (AvgIpc) is 3.63. The lowest BCUT2D eigenvalue weighted by Gasteiger charge is -2.05. The van der Waals surface area contributed by atoms with E-state index in [4.69, 9.17) is 19.2 Å². The van der Waals surface area contributed by atoms with Gasteiger partial charge in [-0.3, -0.25) is 9.59 Å². The zero-order valence-corrected chi connectivity index (χ0v) is 20.3. The maximum absolute atomic E-state index is 13.0. The van der Waals surface area contributed by atoms with Gasteiger partial charge in [-0.05, 0) is 43.7 Å². The highest BCUT2D eigenvalue weighted by Crippen LogP contribution is 2.32. The molecule has 8 nitrogen and oxygen atoms in total. The molecule has 0 aliphatic carbocycles. The van der Waals surface area contributed by atoms with Crippen LogP contribution in [0.5, 0.6) is 5.75 Å². The molecule has 3 heterocycles. The van der Waals surface area contributed by atoms with E-state index in [-0.39, 0.29) is 17.5 Å². The number of nitrogens with one attached hydrogen (secondary N) is 2. The zero-order chi connectivity index (χ0) is 25.5. The number of aryl methyl sites for hydroxylation is 1. The number of aromatic nitrogens is 2. The Labute approximate surface area is 212 Å². The Morgan fingerprint density at radius 3 is 2.68 bits per heavy atom. The number of hydrogen-bond acceptors (Lipinski definition) is 6. The molecule has 6 rings (SSSR count). The van der Waals surface area contributed by atoms with E-state index in [1.165, 1.54) is 0 Å². The number of nitrogens with zero attached hydrogens (tertiary/aromatic N) is 1. The van der Waals surface area contributed by atoms with Crippen molar-refractivity contribution in [2.45, 2.75) is 27.0 Å². The van der Waals surface area contributed by atoms with E-state index in [1.807, 2.05) is 49.4 Å². The van der Waals surface area contributed by atoms with E-state index in [0.717, 1.165) is 22.2 Å². The van der Waals surface area contributed by atoms with Crippen molar-refractivity contribution in [3.8, 4) is 17.1 Å². The fraction of sp³-hybridized carbons (Fsp3) is 0.138. The lowest BCUT2D eigenvalue weighted by atomic mass is 10.0. The highest BCUT2D eigenvalue weighted by atomic mass is 17.2. The second kappa shape index (κ2) is 9.07. The van der Waals surface area contributed by atoms with Crippen LogP contribution < -0.4 is 10.2 Å². The van der Waals surface area contributed by atoms with Gasteiger partial charge >= 0.3 is 0 Å². The highest BCUT2D eigenvalue weighted by molar-refractivity contribution is 6.10. The van der Waals surface area contributed by atoms with Crippen molar-refractivity contribution >= 4 is 22.7 Å². The molecular weight excluding hydrogens is 470 g/mol. The standard InChI is InChI=1S/C29H23N3O5/c1-16-25(17(2)36-27(16)29(34)30-14-18-8-9-21-15-35-37-24(21)12-18)28-31-22-11-10-20(13-23(22)32-28)26(33)19-6-4-3-5-7-19/h3-13H,14-15H2,1-2H3,(H,30,34)(H,31,32). The third kappa shape index (κ3) is 4.17. The van der Waals surface area contributed by atoms with Crippen LogP contribution in [0, 0.1) is 13.8 Å². The molecule has 0 atom stereocenters. The van der Waals surface area contributed by atoms with E-state index >= 15 is 0 Å². The molecule has 0 bridgehead atoms. The first-order valence-corrected chi connectivity index (χ1v) is 11.9. The van der Waals surface area contributed by atoms with Crippen LogP contribution in [0.3, 0.4) is 0 Å². The third-order valence-electron chi connectivity index (χ3n) is 6.49. The summed E-state index contributed by atoms with van der Waals surface area (Å²) in [6, 6.07) is 20.2. The Morgan fingerprint density at radius 1 is 1.00 bits per heavy atom. The number of fused-ring (bicyclic) bond motifs is 2. The first-order valence-electron chi connectivity index (χ1n) is 11.9. The minimum atomic E-state index is -0.323.